The van der Waals surface area contributed by atoms with Gasteiger partial charge in [-0.2, -0.15) is 0 Å². The fraction of sp³-hybridized carbons (Fsp3) is 0.867. The second-order valence-corrected chi connectivity index (χ2v) is 7.95. The first-order valence-electron chi connectivity index (χ1n) is 8.43. The zero-order chi connectivity index (χ0) is 16.6. The Bertz CT molecular complexity index is 332. The van der Waals surface area contributed by atoms with Crippen molar-refractivity contribution in [1.29, 1.82) is 0 Å². The van der Waals surface area contributed by atoms with E-state index < -0.39 is 21.2 Å². The molecule has 0 aliphatic carbocycles. The van der Waals surface area contributed by atoms with Crippen LogP contribution in [0.15, 0.2) is 10.2 Å². The molecule has 0 unspecified atom stereocenters. The molecule has 0 saturated heterocycles. The van der Waals surface area contributed by atoms with Gasteiger partial charge >= 0.3 is 12.2 Å². The Kier molecular flexibility index (Phi) is 13.9. The van der Waals surface area contributed by atoms with Crippen LogP contribution in [-0.2, 0) is 9.16 Å². The third kappa shape index (κ3) is 12.5. The summed E-state index contributed by atoms with van der Waals surface area (Å²) in [5.41, 5.74) is 0. The van der Waals surface area contributed by atoms with Crippen LogP contribution in [-0.4, -0.2) is 27.8 Å². The summed E-state index contributed by atoms with van der Waals surface area (Å²) >= 11 is 0. The van der Waals surface area contributed by atoms with E-state index in [1.807, 2.05) is 0 Å². The molecule has 0 rings (SSSR count). The van der Waals surface area contributed by atoms with Gasteiger partial charge in [0.2, 0.25) is 9.04 Å². The Labute approximate surface area is 135 Å². The topological polar surface area (TPSA) is 77.3 Å². The molecule has 0 saturated carbocycles. The van der Waals surface area contributed by atoms with Gasteiger partial charge in [0.05, 0.1) is 6.61 Å². The highest BCUT2D eigenvalue weighted by Crippen LogP contribution is 2.08. The molecule has 0 bridgehead atoms. The molecule has 2 amide bonds. The number of hydrogen-bond donors (Lipinski definition) is 0. The van der Waals surface area contributed by atoms with Crippen molar-refractivity contribution >= 4 is 21.2 Å². The fourth-order valence-electron chi connectivity index (χ4n) is 2.05. The van der Waals surface area contributed by atoms with Crippen LogP contribution in [0, 0.1) is 0 Å². The lowest BCUT2D eigenvalue weighted by Gasteiger charge is -2.11. The van der Waals surface area contributed by atoms with E-state index in [-0.39, 0.29) is 0 Å². The molecule has 0 aliphatic rings. The van der Waals surface area contributed by atoms with Gasteiger partial charge in [0.25, 0.3) is 0 Å². The van der Waals surface area contributed by atoms with Gasteiger partial charge in [-0.15, -0.1) is 0 Å². The molecule has 128 valence electrons. The summed E-state index contributed by atoms with van der Waals surface area (Å²) in [7, 11) is -1.55. The van der Waals surface area contributed by atoms with Crippen molar-refractivity contribution < 1.29 is 18.8 Å². The average molecular weight is 331 g/mol. The van der Waals surface area contributed by atoms with Crippen molar-refractivity contribution in [3.05, 3.63) is 0 Å². The van der Waals surface area contributed by atoms with Crippen LogP contribution in [0.3, 0.4) is 0 Å². The Hall–Kier alpha value is -1.24. The monoisotopic (exact) mass is 330 g/mol. The number of carbonyl (C=O) groups excluding carboxylic acids is 2. The van der Waals surface area contributed by atoms with E-state index in [1.165, 1.54) is 12.8 Å². The van der Waals surface area contributed by atoms with Crippen LogP contribution in [0.4, 0.5) is 9.59 Å². The summed E-state index contributed by atoms with van der Waals surface area (Å²) in [4.78, 5) is 22.8. The molecule has 0 aromatic carbocycles. The lowest BCUT2D eigenvalue weighted by Crippen LogP contribution is -2.20. The van der Waals surface area contributed by atoms with Crippen LogP contribution in [0.5, 0.6) is 0 Å². The smallest absolute Gasteiger partial charge is 0.452 e. The summed E-state index contributed by atoms with van der Waals surface area (Å²) in [6.07, 6.45) is 5.74. The Morgan fingerprint density at radius 3 is 2.00 bits per heavy atom. The van der Waals surface area contributed by atoms with Gasteiger partial charge in [-0.05, 0) is 18.5 Å². The van der Waals surface area contributed by atoms with Gasteiger partial charge in [-0.1, -0.05) is 69.5 Å². The molecule has 0 spiro atoms. The maximum atomic E-state index is 11.5. The minimum absolute atomic E-state index is 0.319. The third-order valence-corrected chi connectivity index (χ3v) is 6.15. The van der Waals surface area contributed by atoms with Crippen molar-refractivity contribution in [2.75, 3.05) is 6.61 Å². The number of hydrogen-bond acceptors (Lipinski definition) is 4. The van der Waals surface area contributed by atoms with Gasteiger partial charge in [0.1, 0.15) is 0 Å². The summed E-state index contributed by atoms with van der Waals surface area (Å²) in [5, 5.41) is 6.52. The van der Waals surface area contributed by atoms with E-state index in [9.17, 15) is 9.59 Å². The number of amides is 2. The maximum absolute atomic E-state index is 11.5. The standard InChI is InChI=1S/C15H30N2O4Si/c1-4-7-8-9-10-11-20-14(18)16-17-15(19)21-22(12-5-2)13-6-3/h22H,4-13H2,1-3H3. The molecule has 0 aromatic heterocycles. The fourth-order valence-corrected chi connectivity index (χ4v) is 4.19. The van der Waals surface area contributed by atoms with E-state index in [4.69, 9.17) is 9.16 Å². The number of nitrogens with zero attached hydrogens (tertiary/aromatic N) is 2. The largest absolute Gasteiger partial charge is 0.504 e. The normalized spacial score (nSPS) is 11.1. The van der Waals surface area contributed by atoms with Crippen LogP contribution in [0.1, 0.15) is 65.7 Å². The lowest BCUT2D eigenvalue weighted by atomic mass is 10.2. The van der Waals surface area contributed by atoms with Crippen LogP contribution >= 0.6 is 0 Å². The van der Waals surface area contributed by atoms with Crippen LogP contribution < -0.4 is 0 Å². The number of carbonyl (C=O) groups is 2. The summed E-state index contributed by atoms with van der Waals surface area (Å²) < 4.78 is 10.2. The van der Waals surface area contributed by atoms with E-state index in [2.05, 4.69) is 31.0 Å². The van der Waals surface area contributed by atoms with Gasteiger partial charge in [0.15, 0.2) is 0 Å². The molecule has 22 heavy (non-hydrogen) atoms. The summed E-state index contributed by atoms with van der Waals surface area (Å²) in [6.45, 7) is 6.58. The van der Waals surface area contributed by atoms with E-state index in [0.717, 1.165) is 44.2 Å². The van der Waals surface area contributed by atoms with E-state index in [1.54, 1.807) is 0 Å². The Balaban J connectivity index is 3.87. The van der Waals surface area contributed by atoms with Crippen molar-refractivity contribution in [2.45, 2.75) is 77.8 Å². The zero-order valence-electron chi connectivity index (χ0n) is 14.2. The highest BCUT2D eigenvalue weighted by Gasteiger charge is 2.15. The molecule has 0 heterocycles. The van der Waals surface area contributed by atoms with Crippen molar-refractivity contribution in [3.8, 4) is 0 Å². The molecular weight excluding hydrogens is 300 g/mol. The van der Waals surface area contributed by atoms with Gasteiger partial charge in [-0.25, -0.2) is 9.59 Å². The molecular formula is C15H30N2O4Si. The SMILES string of the molecule is CCCCCCCOC(=O)N=NC(=O)O[SiH](CCC)CCC. The average Bonchev–Trinajstić information content (AvgIpc) is 2.49. The molecule has 0 radical (unpaired) electrons. The Morgan fingerprint density at radius 1 is 0.818 bits per heavy atom. The second kappa shape index (κ2) is 14.7. The third-order valence-electron chi connectivity index (χ3n) is 3.18. The first-order chi connectivity index (χ1) is 10.6. The minimum atomic E-state index is -1.55. The minimum Gasteiger partial charge on any atom is -0.504 e. The first-order valence-corrected chi connectivity index (χ1v) is 10.5. The van der Waals surface area contributed by atoms with E-state index >= 15 is 0 Å². The Morgan fingerprint density at radius 2 is 1.41 bits per heavy atom. The highest BCUT2D eigenvalue weighted by atomic mass is 28.3. The summed E-state index contributed by atoms with van der Waals surface area (Å²) in [5.74, 6) is 0. The van der Waals surface area contributed by atoms with Crippen molar-refractivity contribution in [3.63, 3.8) is 0 Å². The zero-order valence-corrected chi connectivity index (χ0v) is 15.3. The number of azo groups is 1. The summed E-state index contributed by atoms with van der Waals surface area (Å²) in [6, 6.07) is 1.86. The highest BCUT2D eigenvalue weighted by molar-refractivity contribution is 6.53. The lowest BCUT2D eigenvalue weighted by molar-refractivity contribution is 0.151. The first kappa shape index (κ1) is 20.8. The molecule has 0 aliphatic heterocycles. The molecule has 6 nitrogen and oxygen atoms in total. The number of rotatable bonds is 11. The molecule has 7 heteroatoms. The van der Waals surface area contributed by atoms with E-state index in [0.29, 0.717) is 6.61 Å². The van der Waals surface area contributed by atoms with Gasteiger partial charge < -0.3 is 9.16 Å². The molecule has 0 aromatic rings. The van der Waals surface area contributed by atoms with Gasteiger partial charge in [-0.3, -0.25) is 0 Å². The predicted octanol–water partition coefficient (Wildman–Crippen LogP) is 5.23. The quantitative estimate of drug-likeness (QED) is 0.295. The van der Waals surface area contributed by atoms with Crippen molar-refractivity contribution in [2.24, 2.45) is 10.2 Å². The second-order valence-electron chi connectivity index (χ2n) is 5.31. The van der Waals surface area contributed by atoms with Crippen LogP contribution in [0.25, 0.3) is 0 Å². The predicted molar refractivity (Wildman–Crippen MR) is 88.8 cm³/mol. The van der Waals surface area contributed by atoms with Gasteiger partial charge in [0, 0.05) is 0 Å². The maximum Gasteiger partial charge on any atom is 0.452 e. The van der Waals surface area contributed by atoms with Crippen molar-refractivity contribution in [1.82, 2.24) is 0 Å². The molecule has 0 atom stereocenters. The molecule has 0 fully saturated rings. The van der Waals surface area contributed by atoms with Crippen LogP contribution in [0.2, 0.25) is 12.1 Å². The molecule has 0 N–H and O–H groups in total. The number of ether oxygens (including phenoxy) is 1. The number of unbranched alkanes of at least 4 members (excludes halogenated alkanes) is 4.